The SMILES string of the molecule is CCNC(=O)C(C)(C)/C=C/n1ncc(C(=O)NC2C3CC4CC2CC(O)(C4)C3)c1OC(C)C. The lowest BCUT2D eigenvalue weighted by Gasteiger charge is -2.58. The molecular formula is C25H38N4O4. The standard InChI is InChI=1S/C25H38N4O4/c1-6-26-23(31)24(4,5)7-8-29-22(33-15(2)3)19(14-27-29)21(30)28-20-17-9-16-10-18(20)13-25(32,11-16)12-17/h7-8,14-18,20,32H,6,9-13H2,1-5H3,(H,26,31)(H,28,30)/b8-7+. The molecular weight excluding hydrogens is 420 g/mol. The molecule has 0 radical (unpaired) electrons. The van der Waals surface area contributed by atoms with E-state index < -0.39 is 11.0 Å². The topological polar surface area (TPSA) is 105 Å². The van der Waals surface area contributed by atoms with Crippen LogP contribution in [0.3, 0.4) is 0 Å². The van der Waals surface area contributed by atoms with Crippen LogP contribution in [0, 0.1) is 23.2 Å². The molecule has 1 aromatic rings. The highest BCUT2D eigenvalue weighted by Crippen LogP contribution is 2.55. The minimum Gasteiger partial charge on any atom is -0.474 e. The number of amides is 2. The third kappa shape index (κ3) is 4.81. The molecule has 182 valence electrons. The molecule has 8 nitrogen and oxygen atoms in total. The lowest BCUT2D eigenvalue weighted by molar-refractivity contribution is -0.137. The fourth-order valence-electron chi connectivity index (χ4n) is 6.12. The first-order chi connectivity index (χ1) is 15.5. The van der Waals surface area contributed by atoms with Crippen LogP contribution >= 0.6 is 0 Å². The Morgan fingerprint density at radius 2 is 1.97 bits per heavy atom. The Labute approximate surface area is 196 Å². The van der Waals surface area contributed by atoms with Crippen molar-refractivity contribution in [3.63, 3.8) is 0 Å². The van der Waals surface area contributed by atoms with E-state index in [1.54, 1.807) is 12.3 Å². The summed E-state index contributed by atoms with van der Waals surface area (Å²) in [6.45, 7) is 9.91. The minimum atomic E-state index is -0.736. The summed E-state index contributed by atoms with van der Waals surface area (Å²) < 4.78 is 7.51. The van der Waals surface area contributed by atoms with Gasteiger partial charge in [-0.05, 0) is 84.5 Å². The van der Waals surface area contributed by atoms with Crippen LogP contribution in [0.25, 0.3) is 6.20 Å². The largest absolute Gasteiger partial charge is 0.474 e. The van der Waals surface area contributed by atoms with Gasteiger partial charge in [0, 0.05) is 18.8 Å². The van der Waals surface area contributed by atoms with Gasteiger partial charge in [-0.3, -0.25) is 9.59 Å². The second kappa shape index (κ2) is 8.78. The molecule has 3 N–H and O–H groups in total. The second-order valence-corrected chi connectivity index (χ2v) is 11.1. The number of hydrogen-bond donors (Lipinski definition) is 3. The van der Waals surface area contributed by atoms with Crippen molar-refractivity contribution in [1.29, 1.82) is 0 Å². The van der Waals surface area contributed by atoms with Gasteiger partial charge in [0.15, 0.2) is 0 Å². The van der Waals surface area contributed by atoms with Gasteiger partial charge in [-0.25, -0.2) is 4.68 Å². The molecule has 4 fully saturated rings. The lowest BCUT2D eigenvalue weighted by atomic mass is 9.52. The van der Waals surface area contributed by atoms with Crippen LogP contribution in [0.2, 0.25) is 0 Å². The van der Waals surface area contributed by atoms with E-state index in [-0.39, 0.29) is 24.0 Å². The number of ether oxygens (including phenoxy) is 1. The van der Waals surface area contributed by atoms with Gasteiger partial charge in [-0.2, -0.15) is 5.10 Å². The first kappa shape index (κ1) is 23.8. The van der Waals surface area contributed by atoms with E-state index in [1.807, 2.05) is 34.6 Å². The number of aromatic nitrogens is 2. The summed E-state index contributed by atoms with van der Waals surface area (Å²) in [7, 11) is 0. The fraction of sp³-hybridized carbons (Fsp3) is 0.720. The van der Waals surface area contributed by atoms with E-state index >= 15 is 0 Å². The van der Waals surface area contributed by atoms with Crippen molar-refractivity contribution in [3.05, 3.63) is 17.8 Å². The van der Waals surface area contributed by atoms with Gasteiger partial charge in [0.2, 0.25) is 11.8 Å². The van der Waals surface area contributed by atoms with E-state index in [2.05, 4.69) is 15.7 Å². The van der Waals surface area contributed by atoms with Crippen LogP contribution in [0.1, 0.15) is 77.1 Å². The maximum absolute atomic E-state index is 13.3. The van der Waals surface area contributed by atoms with Crippen LogP contribution in [-0.4, -0.2) is 51.0 Å². The molecule has 4 bridgehead atoms. The van der Waals surface area contributed by atoms with Gasteiger partial charge in [-0.15, -0.1) is 0 Å². The maximum atomic E-state index is 13.3. The molecule has 0 aromatic carbocycles. The zero-order chi connectivity index (χ0) is 24.0. The normalized spacial score (nSPS) is 30.8. The maximum Gasteiger partial charge on any atom is 0.258 e. The Morgan fingerprint density at radius 3 is 2.55 bits per heavy atom. The van der Waals surface area contributed by atoms with Gasteiger partial charge in [0.1, 0.15) is 5.56 Å². The van der Waals surface area contributed by atoms with Gasteiger partial charge in [0.25, 0.3) is 5.91 Å². The van der Waals surface area contributed by atoms with Crippen molar-refractivity contribution in [1.82, 2.24) is 20.4 Å². The van der Waals surface area contributed by atoms with E-state index in [9.17, 15) is 14.7 Å². The molecule has 4 aliphatic rings. The molecule has 1 heterocycles. The first-order valence-electron chi connectivity index (χ1n) is 12.3. The van der Waals surface area contributed by atoms with E-state index in [0.717, 1.165) is 32.1 Å². The summed E-state index contributed by atoms with van der Waals surface area (Å²) in [6, 6.07) is 0.0804. The predicted octanol–water partition coefficient (Wildman–Crippen LogP) is 2.97. The molecule has 2 unspecified atom stereocenters. The van der Waals surface area contributed by atoms with Gasteiger partial charge in [0.05, 0.1) is 23.3 Å². The van der Waals surface area contributed by atoms with Crippen LogP contribution in [-0.2, 0) is 4.79 Å². The molecule has 0 saturated heterocycles. The van der Waals surface area contributed by atoms with Crippen molar-refractivity contribution in [2.75, 3.05) is 6.54 Å². The van der Waals surface area contributed by atoms with Crippen molar-refractivity contribution in [3.8, 4) is 5.88 Å². The zero-order valence-corrected chi connectivity index (χ0v) is 20.4. The Morgan fingerprint density at radius 1 is 1.30 bits per heavy atom. The smallest absolute Gasteiger partial charge is 0.258 e. The number of aliphatic hydroxyl groups is 1. The number of carbonyl (C=O) groups is 2. The summed E-state index contributed by atoms with van der Waals surface area (Å²) >= 11 is 0. The summed E-state index contributed by atoms with van der Waals surface area (Å²) in [5.41, 5.74) is -0.882. The summed E-state index contributed by atoms with van der Waals surface area (Å²) in [6.07, 6.45) is 9.45. The fourth-order valence-corrected chi connectivity index (χ4v) is 6.12. The monoisotopic (exact) mass is 458 g/mol. The lowest BCUT2D eigenvalue weighted by Crippen LogP contribution is -2.61. The Hall–Kier alpha value is -2.35. The van der Waals surface area contributed by atoms with Crippen LogP contribution < -0.4 is 15.4 Å². The molecule has 5 rings (SSSR count). The van der Waals surface area contributed by atoms with Gasteiger partial charge < -0.3 is 20.5 Å². The second-order valence-electron chi connectivity index (χ2n) is 11.1. The molecule has 1 aromatic heterocycles. The van der Waals surface area contributed by atoms with Crippen LogP contribution in [0.5, 0.6) is 5.88 Å². The third-order valence-electron chi connectivity index (χ3n) is 7.44. The molecule has 4 saturated carbocycles. The number of hydrogen-bond acceptors (Lipinski definition) is 5. The van der Waals surface area contributed by atoms with Crippen molar-refractivity contribution in [2.45, 2.75) is 84.5 Å². The average molecular weight is 459 g/mol. The first-order valence-corrected chi connectivity index (χ1v) is 12.3. The average Bonchev–Trinajstić information content (AvgIpc) is 3.10. The van der Waals surface area contributed by atoms with Crippen LogP contribution in [0.4, 0.5) is 0 Å². The quantitative estimate of drug-likeness (QED) is 0.555. The van der Waals surface area contributed by atoms with Crippen molar-refractivity contribution < 1.29 is 19.4 Å². The molecule has 2 atom stereocenters. The number of rotatable bonds is 8. The highest BCUT2D eigenvalue weighted by Gasteiger charge is 2.55. The molecule has 4 aliphatic carbocycles. The molecule has 0 aliphatic heterocycles. The van der Waals surface area contributed by atoms with Gasteiger partial charge in [-0.1, -0.05) is 6.08 Å². The minimum absolute atomic E-state index is 0.0804. The zero-order valence-electron chi connectivity index (χ0n) is 20.4. The molecule has 2 amide bonds. The van der Waals surface area contributed by atoms with Crippen LogP contribution in [0.15, 0.2) is 12.3 Å². The summed E-state index contributed by atoms with van der Waals surface area (Å²) in [4.78, 5) is 25.7. The molecule has 33 heavy (non-hydrogen) atoms. The third-order valence-corrected chi connectivity index (χ3v) is 7.44. The Balaban J connectivity index is 1.53. The van der Waals surface area contributed by atoms with E-state index in [4.69, 9.17) is 4.74 Å². The van der Waals surface area contributed by atoms with Gasteiger partial charge >= 0.3 is 0 Å². The Bertz CT molecular complexity index is 919. The molecule has 8 heteroatoms. The summed E-state index contributed by atoms with van der Waals surface area (Å²) in [5.74, 6) is 1.33. The number of carbonyl (C=O) groups excluding carboxylic acids is 2. The number of nitrogens with zero attached hydrogens (tertiary/aromatic N) is 2. The van der Waals surface area contributed by atoms with Crippen molar-refractivity contribution >= 4 is 18.0 Å². The molecule has 0 spiro atoms. The predicted molar refractivity (Wildman–Crippen MR) is 126 cm³/mol. The summed E-state index contributed by atoms with van der Waals surface area (Å²) in [5, 5.41) is 21.3. The highest BCUT2D eigenvalue weighted by atomic mass is 16.5. The Kier molecular flexibility index (Phi) is 6.33. The van der Waals surface area contributed by atoms with E-state index in [1.165, 1.54) is 10.9 Å². The van der Waals surface area contributed by atoms with E-state index in [0.29, 0.717) is 35.7 Å². The highest BCUT2D eigenvalue weighted by molar-refractivity contribution is 5.96. The number of nitrogens with one attached hydrogen (secondary N) is 2. The van der Waals surface area contributed by atoms with Crippen molar-refractivity contribution in [2.24, 2.45) is 23.2 Å².